The van der Waals surface area contributed by atoms with Crippen molar-refractivity contribution >= 4 is 28.2 Å². The molecule has 1 amide bonds. The van der Waals surface area contributed by atoms with Gasteiger partial charge in [-0.05, 0) is 31.0 Å². The number of nitrogens with zero attached hydrogens (tertiary/aromatic N) is 2. The van der Waals surface area contributed by atoms with Crippen LogP contribution in [-0.2, 0) is 22.5 Å². The minimum atomic E-state index is -0.400. The molecule has 0 unspecified atom stereocenters. The van der Waals surface area contributed by atoms with Crippen molar-refractivity contribution in [3.63, 3.8) is 0 Å². The van der Waals surface area contributed by atoms with E-state index in [1.807, 2.05) is 26.0 Å². The highest BCUT2D eigenvalue weighted by molar-refractivity contribution is 7.16. The van der Waals surface area contributed by atoms with Gasteiger partial charge in [0.1, 0.15) is 10.8 Å². The molecule has 3 rings (SSSR count). The monoisotopic (exact) mass is 405 g/mol. The molecule has 3 heterocycles. The van der Waals surface area contributed by atoms with Crippen LogP contribution in [0.15, 0.2) is 22.8 Å². The number of carbonyl (C=O) groups excluding carboxylic acids is 2. The molecule has 1 N–H and O–H groups in total. The van der Waals surface area contributed by atoms with Gasteiger partial charge in [-0.1, -0.05) is 6.92 Å². The van der Waals surface area contributed by atoms with E-state index in [0.29, 0.717) is 17.1 Å². The first kappa shape index (κ1) is 20.6. The molecule has 0 spiro atoms. The van der Waals surface area contributed by atoms with Crippen LogP contribution in [0.25, 0.3) is 0 Å². The van der Waals surface area contributed by atoms with Crippen molar-refractivity contribution in [2.24, 2.45) is 0 Å². The van der Waals surface area contributed by atoms with Crippen LogP contribution in [0.5, 0.6) is 0 Å². The summed E-state index contributed by atoms with van der Waals surface area (Å²) in [5.74, 6) is 0.456. The number of ether oxygens (including phenoxy) is 1. The molecular formula is C20H27N3O4S. The van der Waals surface area contributed by atoms with Crippen LogP contribution in [0, 0.1) is 6.92 Å². The number of hydrogen-bond donors (Lipinski definition) is 1. The number of piperazine rings is 1. The van der Waals surface area contributed by atoms with Gasteiger partial charge in [-0.15, -0.1) is 11.3 Å². The average Bonchev–Trinajstić information content (AvgIpc) is 3.29. The molecule has 152 valence electrons. The lowest BCUT2D eigenvalue weighted by atomic mass is 10.1. The van der Waals surface area contributed by atoms with Gasteiger partial charge in [0.2, 0.25) is 5.91 Å². The molecule has 0 radical (unpaired) electrons. The van der Waals surface area contributed by atoms with Gasteiger partial charge in [0.15, 0.2) is 0 Å². The summed E-state index contributed by atoms with van der Waals surface area (Å²) in [5, 5.41) is 3.51. The zero-order valence-electron chi connectivity index (χ0n) is 16.6. The van der Waals surface area contributed by atoms with Gasteiger partial charge in [-0.25, -0.2) is 4.79 Å². The fourth-order valence-electron chi connectivity index (χ4n) is 3.51. The van der Waals surface area contributed by atoms with E-state index in [1.165, 1.54) is 18.4 Å². The van der Waals surface area contributed by atoms with Gasteiger partial charge < -0.3 is 14.5 Å². The summed E-state index contributed by atoms with van der Waals surface area (Å²) in [4.78, 5) is 30.2. The third-order valence-corrected chi connectivity index (χ3v) is 6.06. The maximum Gasteiger partial charge on any atom is 0.341 e. The maximum atomic E-state index is 12.6. The topological polar surface area (TPSA) is 75.0 Å². The first-order chi connectivity index (χ1) is 13.5. The number of anilines is 1. The predicted octanol–water partition coefficient (Wildman–Crippen LogP) is 2.75. The van der Waals surface area contributed by atoms with Crippen molar-refractivity contribution in [2.75, 3.05) is 45.2 Å². The van der Waals surface area contributed by atoms with E-state index in [-0.39, 0.29) is 5.91 Å². The van der Waals surface area contributed by atoms with Gasteiger partial charge in [0.05, 0.1) is 32.0 Å². The molecule has 0 aromatic carbocycles. The van der Waals surface area contributed by atoms with Crippen molar-refractivity contribution in [3.8, 4) is 0 Å². The molecule has 1 aliphatic rings. The molecule has 1 aliphatic heterocycles. The van der Waals surface area contributed by atoms with Crippen LogP contribution in [0.2, 0.25) is 0 Å². The molecule has 0 bridgehead atoms. The largest absolute Gasteiger partial charge is 0.468 e. The molecule has 28 heavy (non-hydrogen) atoms. The fraction of sp³-hybridized carbons (Fsp3) is 0.500. The quantitative estimate of drug-likeness (QED) is 0.714. The van der Waals surface area contributed by atoms with Crippen molar-refractivity contribution < 1.29 is 18.7 Å². The van der Waals surface area contributed by atoms with Crippen LogP contribution in [0.3, 0.4) is 0 Å². The lowest BCUT2D eigenvalue weighted by Gasteiger charge is -2.33. The first-order valence-corrected chi connectivity index (χ1v) is 10.3. The Hall–Kier alpha value is -2.16. The minimum absolute atomic E-state index is 0.103. The lowest BCUT2D eigenvalue weighted by molar-refractivity contribution is -0.117. The SMILES string of the molecule is CCc1c(C)sc(NC(=O)CN2CCN(Cc3ccco3)CC2)c1C(=O)OC. The third-order valence-electron chi connectivity index (χ3n) is 5.00. The van der Waals surface area contributed by atoms with Crippen LogP contribution < -0.4 is 5.32 Å². The van der Waals surface area contributed by atoms with E-state index in [9.17, 15) is 9.59 Å². The maximum absolute atomic E-state index is 12.6. The average molecular weight is 406 g/mol. The van der Waals surface area contributed by atoms with E-state index in [4.69, 9.17) is 9.15 Å². The van der Waals surface area contributed by atoms with E-state index >= 15 is 0 Å². The number of thiophene rings is 1. The third kappa shape index (κ3) is 4.81. The van der Waals surface area contributed by atoms with Gasteiger partial charge in [-0.2, -0.15) is 0 Å². The van der Waals surface area contributed by atoms with Crippen LogP contribution in [0.1, 0.15) is 33.5 Å². The molecule has 0 saturated carbocycles. The summed E-state index contributed by atoms with van der Waals surface area (Å²) in [6.07, 6.45) is 2.41. The van der Waals surface area contributed by atoms with Gasteiger partial charge in [0.25, 0.3) is 0 Å². The number of hydrogen-bond acceptors (Lipinski definition) is 7. The summed E-state index contributed by atoms with van der Waals surface area (Å²) in [6, 6.07) is 3.88. The Morgan fingerprint density at radius 2 is 1.96 bits per heavy atom. The molecular weight excluding hydrogens is 378 g/mol. The predicted molar refractivity (Wildman–Crippen MR) is 109 cm³/mol. The van der Waals surface area contributed by atoms with Crippen LogP contribution >= 0.6 is 11.3 Å². The Morgan fingerprint density at radius 3 is 2.57 bits per heavy atom. The Bertz CT molecular complexity index is 808. The second kappa shape index (κ2) is 9.36. The van der Waals surface area contributed by atoms with Crippen LogP contribution in [-0.4, -0.2) is 61.5 Å². The smallest absolute Gasteiger partial charge is 0.341 e. The Morgan fingerprint density at radius 1 is 1.25 bits per heavy atom. The first-order valence-electron chi connectivity index (χ1n) is 9.49. The highest BCUT2D eigenvalue weighted by Crippen LogP contribution is 2.34. The molecule has 2 aromatic heterocycles. The Balaban J connectivity index is 1.54. The highest BCUT2D eigenvalue weighted by Gasteiger charge is 2.24. The molecule has 2 aromatic rings. The van der Waals surface area contributed by atoms with E-state index in [0.717, 1.165) is 55.3 Å². The number of amides is 1. The number of nitrogens with one attached hydrogen (secondary N) is 1. The van der Waals surface area contributed by atoms with Crippen molar-refractivity contribution in [1.29, 1.82) is 0 Å². The van der Waals surface area contributed by atoms with Crippen molar-refractivity contribution in [2.45, 2.75) is 26.8 Å². The van der Waals surface area contributed by atoms with E-state index in [1.54, 1.807) is 6.26 Å². The summed E-state index contributed by atoms with van der Waals surface area (Å²) in [6.45, 7) is 8.48. The number of aryl methyl sites for hydroxylation is 1. The Labute approximate surface area is 169 Å². The molecule has 1 fully saturated rings. The number of carbonyl (C=O) groups is 2. The normalized spacial score (nSPS) is 15.5. The minimum Gasteiger partial charge on any atom is -0.468 e. The summed E-state index contributed by atoms with van der Waals surface area (Å²) >= 11 is 1.43. The molecule has 7 nitrogen and oxygen atoms in total. The standard InChI is InChI=1S/C20H27N3O4S/c1-4-16-14(2)28-19(18(16)20(25)26-3)21-17(24)13-23-9-7-22(8-10-23)12-15-6-5-11-27-15/h5-6,11H,4,7-10,12-13H2,1-3H3,(H,21,24). The Kier molecular flexibility index (Phi) is 6.88. The number of rotatable bonds is 7. The second-order valence-electron chi connectivity index (χ2n) is 6.87. The second-order valence-corrected chi connectivity index (χ2v) is 8.09. The number of esters is 1. The van der Waals surface area contributed by atoms with Gasteiger partial charge >= 0.3 is 5.97 Å². The van der Waals surface area contributed by atoms with Crippen molar-refractivity contribution in [1.82, 2.24) is 9.80 Å². The van der Waals surface area contributed by atoms with Gasteiger partial charge in [0, 0.05) is 31.1 Å². The van der Waals surface area contributed by atoms with Crippen molar-refractivity contribution in [3.05, 3.63) is 40.2 Å². The summed E-state index contributed by atoms with van der Waals surface area (Å²) in [7, 11) is 1.36. The van der Waals surface area contributed by atoms with E-state index in [2.05, 4.69) is 15.1 Å². The molecule has 8 heteroatoms. The van der Waals surface area contributed by atoms with Crippen LogP contribution in [0.4, 0.5) is 5.00 Å². The lowest BCUT2D eigenvalue weighted by Crippen LogP contribution is -2.48. The number of methoxy groups -OCH3 is 1. The fourth-order valence-corrected chi connectivity index (χ4v) is 4.66. The summed E-state index contributed by atoms with van der Waals surface area (Å²) in [5.41, 5.74) is 1.43. The van der Waals surface area contributed by atoms with Gasteiger partial charge in [-0.3, -0.25) is 14.6 Å². The molecule has 1 saturated heterocycles. The zero-order chi connectivity index (χ0) is 20.1. The molecule has 0 aliphatic carbocycles. The summed E-state index contributed by atoms with van der Waals surface area (Å²) < 4.78 is 10.3. The number of furan rings is 1. The molecule has 0 atom stereocenters. The van der Waals surface area contributed by atoms with E-state index < -0.39 is 5.97 Å². The zero-order valence-corrected chi connectivity index (χ0v) is 17.4. The highest BCUT2D eigenvalue weighted by atomic mass is 32.1.